The van der Waals surface area contributed by atoms with Crippen molar-refractivity contribution in [2.24, 2.45) is 0 Å². The van der Waals surface area contributed by atoms with Crippen LogP contribution < -0.4 is 10.6 Å². The van der Waals surface area contributed by atoms with E-state index < -0.39 is 36.3 Å². The fourth-order valence-electron chi connectivity index (χ4n) is 4.67. The molecule has 3 amide bonds. The summed E-state index contributed by atoms with van der Waals surface area (Å²) in [5, 5.41) is 15.8. The number of carbonyl (C=O) groups is 3. The van der Waals surface area contributed by atoms with E-state index in [0.29, 0.717) is 18.5 Å². The number of hydrogen-bond acceptors (Lipinski definition) is 5. The van der Waals surface area contributed by atoms with Crippen LogP contribution in [0.1, 0.15) is 103 Å². The normalized spacial score (nSPS) is 15.9. The molecular formula is C29H47N3O5. The molecule has 208 valence electrons. The maximum absolute atomic E-state index is 13.8. The van der Waals surface area contributed by atoms with Gasteiger partial charge in [0, 0.05) is 12.6 Å². The quantitative estimate of drug-likeness (QED) is 0.350. The summed E-state index contributed by atoms with van der Waals surface area (Å²) in [6.45, 7) is 9.05. The van der Waals surface area contributed by atoms with E-state index in [9.17, 15) is 19.5 Å². The molecule has 1 saturated carbocycles. The highest BCUT2D eigenvalue weighted by atomic mass is 16.6. The van der Waals surface area contributed by atoms with Crippen LogP contribution in [-0.4, -0.2) is 58.8 Å². The van der Waals surface area contributed by atoms with E-state index in [2.05, 4.69) is 24.5 Å². The molecule has 0 radical (unpaired) electrons. The number of benzene rings is 1. The predicted molar refractivity (Wildman–Crippen MR) is 145 cm³/mol. The first-order valence-electron chi connectivity index (χ1n) is 13.9. The van der Waals surface area contributed by atoms with E-state index in [1.54, 1.807) is 20.8 Å². The van der Waals surface area contributed by atoms with Crippen LogP contribution in [0.25, 0.3) is 0 Å². The third-order valence-electron chi connectivity index (χ3n) is 6.67. The highest BCUT2D eigenvalue weighted by Gasteiger charge is 2.36. The monoisotopic (exact) mass is 517 g/mol. The van der Waals surface area contributed by atoms with Crippen molar-refractivity contribution in [3.8, 4) is 0 Å². The highest BCUT2D eigenvalue weighted by molar-refractivity contribution is 5.92. The number of aliphatic hydroxyl groups excluding tert-OH is 1. The molecule has 8 nitrogen and oxygen atoms in total. The summed E-state index contributed by atoms with van der Waals surface area (Å²) < 4.78 is 5.31. The van der Waals surface area contributed by atoms with Crippen LogP contribution in [-0.2, 0) is 20.7 Å². The summed E-state index contributed by atoms with van der Waals surface area (Å²) in [4.78, 5) is 41.6. The van der Waals surface area contributed by atoms with E-state index in [0.717, 1.165) is 50.5 Å². The van der Waals surface area contributed by atoms with Gasteiger partial charge in [-0.25, -0.2) is 4.79 Å². The predicted octanol–water partition coefficient (Wildman–Crippen LogP) is 4.64. The summed E-state index contributed by atoms with van der Waals surface area (Å²) in [5.41, 5.74) is 1.10. The molecule has 2 unspecified atom stereocenters. The molecule has 1 aromatic rings. The van der Waals surface area contributed by atoms with E-state index in [1.165, 1.54) is 11.3 Å². The highest BCUT2D eigenvalue weighted by Crippen LogP contribution is 2.26. The van der Waals surface area contributed by atoms with Crippen LogP contribution in [0.3, 0.4) is 0 Å². The van der Waals surface area contributed by atoms with Crippen molar-refractivity contribution in [3.05, 3.63) is 35.4 Å². The Morgan fingerprint density at radius 3 is 2.24 bits per heavy atom. The van der Waals surface area contributed by atoms with Crippen LogP contribution >= 0.6 is 0 Å². The zero-order chi connectivity index (χ0) is 27.4. The summed E-state index contributed by atoms with van der Waals surface area (Å²) >= 11 is 0. The minimum absolute atomic E-state index is 0.0831. The second-order valence-corrected chi connectivity index (χ2v) is 11.0. The molecule has 3 N–H and O–H groups in total. The standard InChI is InChI=1S/C29H47N3O5/c1-6-8-12-19-32(27(35)24(20-33)31-28(36)37-29(3,4)5)25(22-17-15-21(7-2)16-18-22)26(34)30-23-13-10-9-11-14-23/h15-18,23-25,33H,6-14,19-20H2,1-5H3,(H,30,34)(H,31,36). The smallest absolute Gasteiger partial charge is 0.408 e. The lowest BCUT2D eigenvalue weighted by Crippen LogP contribution is -2.55. The van der Waals surface area contributed by atoms with Gasteiger partial charge in [0.15, 0.2) is 0 Å². The number of ether oxygens (including phenoxy) is 1. The van der Waals surface area contributed by atoms with Crippen molar-refractivity contribution in [1.29, 1.82) is 0 Å². The molecule has 0 spiro atoms. The van der Waals surface area contributed by atoms with Gasteiger partial charge in [-0.2, -0.15) is 0 Å². The lowest BCUT2D eigenvalue weighted by molar-refractivity contribution is -0.143. The van der Waals surface area contributed by atoms with Crippen molar-refractivity contribution in [2.45, 2.75) is 116 Å². The number of rotatable bonds is 12. The molecule has 8 heteroatoms. The van der Waals surface area contributed by atoms with E-state index in [4.69, 9.17) is 4.74 Å². The molecule has 1 aliphatic carbocycles. The maximum Gasteiger partial charge on any atom is 0.408 e. The molecule has 0 bridgehead atoms. The second-order valence-electron chi connectivity index (χ2n) is 11.0. The maximum atomic E-state index is 13.8. The van der Waals surface area contributed by atoms with Gasteiger partial charge >= 0.3 is 6.09 Å². The number of nitrogens with one attached hydrogen (secondary N) is 2. The van der Waals surface area contributed by atoms with Gasteiger partial charge in [-0.05, 0) is 57.6 Å². The van der Waals surface area contributed by atoms with E-state index >= 15 is 0 Å². The topological polar surface area (TPSA) is 108 Å². The SMILES string of the molecule is CCCCCN(C(=O)C(CO)NC(=O)OC(C)(C)C)C(C(=O)NC1CCCCC1)c1ccc(CC)cc1. The molecule has 2 atom stereocenters. The number of aliphatic hydroxyl groups is 1. The number of hydrogen-bond donors (Lipinski definition) is 3. The Bertz CT molecular complexity index is 859. The van der Waals surface area contributed by atoms with Crippen molar-refractivity contribution in [1.82, 2.24) is 15.5 Å². The first-order chi connectivity index (χ1) is 17.6. The minimum Gasteiger partial charge on any atom is -0.444 e. The van der Waals surface area contributed by atoms with Gasteiger partial charge in [-0.15, -0.1) is 0 Å². The largest absolute Gasteiger partial charge is 0.444 e. The number of amides is 3. The zero-order valence-electron chi connectivity index (χ0n) is 23.3. The fraction of sp³-hybridized carbons (Fsp3) is 0.690. The van der Waals surface area contributed by atoms with Crippen LogP contribution in [0.2, 0.25) is 0 Å². The van der Waals surface area contributed by atoms with Gasteiger partial charge in [-0.3, -0.25) is 9.59 Å². The lowest BCUT2D eigenvalue weighted by Gasteiger charge is -2.35. The van der Waals surface area contributed by atoms with Crippen LogP contribution in [0.4, 0.5) is 4.79 Å². The molecule has 0 heterocycles. The third-order valence-corrected chi connectivity index (χ3v) is 6.67. The Hall–Kier alpha value is -2.61. The summed E-state index contributed by atoms with van der Waals surface area (Å²) in [7, 11) is 0. The summed E-state index contributed by atoms with van der Waals surface area (Å²) in [6.07, 6.45) is 7.79. The molecule has 0 saturated heterocycles. The average Bonchev–Trinajstić information content (AvgIpc) is 2.86. The first-order valence-corrected chi connectivity index (χ1v) is 13.9. The van der Waals surface area contributed by atoms with Crippen LogP contribution in [0, 0.1) is 0 Å². The van der Waals surface area contributed by atoms with Crippen LogP contribution in [0.15, 0.2) is 24.3 Å². The number of carbonyl (C=O) groups excluding carboxylic acids is 3. The molecule has 37 heavy (non-hydrogen) atoms. The fourth-order valence-corrected chi connectivity index (χ4v) is 4.67. The van der Waals surface area contributed by atoms with Gasteiger partial charge in [0.05, 0.1) is 6.61 Å². The number of alkyl carbamates (subject to hydrolysis) is 1. The Morgan fingerprint density at radius 1 is 1.05 bits per heavy atom. The molecule has 1 aromatic carbocycles. The van der Waals surface area contributed by atoms with Crippen molar-refractivity contribution in [3.63, 3.8) is 0 Å². The van der Waals surface area contributed by atoms with Gasteiger partial charge in [-0.1, -0.05) is 70.2 Å². The van der Waals surface area contributed by atoms with Gasteiger partial charge in [0.1, 0.15) is 17.7 Å². The molecule has 0 aliphatic heterocycles. The second kappa shape index (κ2) is 15.0. The molecule has 1 fully saturated rings. The average molecular weight is 518 g/mol. The van der Waals surface area contributed by atoms with Gasteiger partial charge in [0.25, 0.3) is 0 Å². The Labute approximate surface area is 222 Å². The Balaban J connectivity index is 2.40. The molecule has 2 rings (SSSR count). The third kappa shape index (κ3) is 9.99. The van der Waals surface area contributed by atoms with Crippen molar-refractivity contribution in [2.75, 3.05) is 13.2 Å². The van der Waals surface area contributed by atoms with E-state index in [-0.39, 0.29) is 11.9 Å². The van der Waals surface area contributed by atoms with Crippen molar-refractivity contribution < 1.29 is 24.2 Å². The zero-order valence-corrected chi connectivity index (χ0v) is 23.3. The number of nitrogens with zero attached hydrogens (tertiary/aromatic N) is 1. The number of aryl methyl sites for hydroxylation is 1. The first kappa shape index (κ1) is 30.6. The summed E-state index contributed by atoms with van der Waals surface area (Å²) in [5.74, 6) is -0.734. The number of unbranched alkanes of at least 4 members (excludes halogenated alkanes) is 2. The molecular weight excluding hydrogens is 470 g/mol. The van der Waals surface area contributed by atoms with Gasteiger partial charge in [0.2, 0.25) is 11.8 Å². The minimum atomic E-state index is -1.23. The van der Waals surface area contributed by atoms with Crippen molar-refractivity contribution >= 4 is 17.9 Å². The molecule has 1 aliphatic rings. The Kier molecular flexibility index (Phi) is 12.4. The van der Waals surface area contributed by atoms with Gasteiger partial charge < -0.3 is 25.4 Å². The Morgan fingerprint density at radius 2 is 1.70 bits per heavy atom. The lowest BCUT2D eigenvalue weighted by atomic mass is 9.94. The van der Waals surface area contributed by atoms with E-state index in [1.807, 2.05) is 24.3 Å². The summed E-state index contributed by atoms with van der Waals surface area (Å²) in [6, 6.07) is 5.75. The van der Waals surface area contributed by atoms with Crippen LogP contribution in [0.5, 0.6) is 0 Å². The molecule has 0 aromatic heterocycles.